The Bertz CT molecular complexity index is 2520. The Morgan fingerprint density at radius 2 is 0.891 bits per heavy atom. The minimum Gasteiger partial charge on any atom is -0.276 e. The van der Waals surface area contributed by atoms with E-state index in [1.54, 1.807) is 0 Å². The number of nitrogens with zero attached hydrogens (tertiary/aromatic N) is 7. The van der Waals surface area contributed by atoms with Crippen molar-refractivity contribution < 1.29 is 0 Å². The molecule has 0 radical (unpaired) electrons. The lowest BCUT2D eigenvalue weighted by Crippen LogP contribution is -2.01. The Morgan fingerprint density at radius 1 is 0.391 bits per heavy atom. The topological polar surface area (TPSA) is 73.8 Å². The highest BCUT2D eigenvalue weighted by Gasteiger charge is 2.21. The summed E-state index contributed by atoms with van der Waals surface area (Å²) in [5.41, 5.74) is 11.3. The summed E-state index contributed by atoms with van der Waals surface area (Å²) in [4.78, 5) is 24.6. The molecule has 0 atom stereocenters. The van der Waals surface area contributed by atoms with Crippen LogP contribution in [0.1, 0.15) is 0 Å². The summed E-state index contributed by atoms with van der Waals surface area (Å²) in [6.07, 6.45) is 5.46. The molecule has 0 aliphatic heterocycles. The third-order valence-corrected chi connectivity index (χ3v) is 8.33. The number of pyridine rings is 4. The van der Waals surface area contributed by atoms with Crippen LogP contribution in [0, 0.1) is 0 Å². The molecule has 0 aliphatic carbocycles. The van der Waals surface area contributed by atoms with Crippen LogP contribution in [0.5, 0.6) is 0 Å². The van der Waals surface area contributed by atoms with Gasteiger partial charge in [0.2, 0.25) is 5.78 Å². The molecule has 9 rings (SSSR count). The molecule has 0 N–H and O–H groups in total. The number of benzene rings is 3. The van der Waals surface area contributed by atoms with Crippen LogP contribution in [0.4, 0.5) is 0 Å². The van der Waals surface area contributed by atoms with Gasteiger partial charge in [-0.3, -0.25) is 23.9 Å². The van der Waals surface area contributed by atoms with Crippen LogP contribution in [-0.4, -0.2) is 33.9 Å². The lowest BCUT2D eigenvalue weighted by atomic mass is 9.91. The van der Waals surface area contributed by atoms with Crippen molar-refractivity contribution in [3.05, 3.63) is 152 Å². The second-order valence-electron chi connectivity index (χ2n) is 11.0. The fourth-order valence-electron chi connectivity index (χ4n) is 6.29. The molecular weight excluding hydrogens is 566 g/mol. The van der Waals surface area contributed by atoms with Crippen molar-refractivity contribution in [3.8, 4) is 50.8 Å². The summed E-state index contributed by atoms with van der Waals surface area (Å²) in [6.45, 7) is 0. The van der Waals surface area contributed by atoms with E-state index in [4.69, 9.17) is 24.9 Å². The van der Waals surface area contributed by atoms with Crippen molar-refractivity contribution >= 4 is 27.8 Å². The summed E-state index contributed by atoms with van der Waals surface area (Å²) in [6, 6.07) is 45.0. The Kier molecular flexibility index (Phi) is 5.99. The third-order valence-electron chi connectivity index (χ3n) is 8.33. The van der Waals surface area contributed by atoms with Gasteiger partial charge in [0.1, 0.15) is 5.82 Å². The van der Waals surface area contributed by atoms with Crippen molar-refractivity contribution in [1.29, 1.82) is 0 Å². The van der Waals surface area contributed by atoms with Crippen LogP contribution < -0.4 is 0 Å². The average molecular weight is 592 g/mol. The van der Waals surface area contributed by atoms with E-state index >= 15 is 0 Å². The molecule has 7 nitrogen and oxygen atoms in total. The Labute approximate surface area is 264 Å². The van der Waals surface area contributed by atoms with Gasteiger partial charge in [-0.05, 0) is 84.9 Å². The summed E-state index contributed by atoms with van der Waals surface area (Å²) >= 11 is 0. The number of rotatable bonds is 5. The average Bonchev–Trinajstić information content (AvgIpc) is 3.67. The number of fused-ring (bicyclic) bond motifs is 5. The van der Waals surface area contributed by atoms with Crippen molar-refractivity contribution in [2.45, 2.75) is 0 Å². The van der Waals surface area contributed by atoms with Crippen molar-refractivity contribution in [2.24, 2.45) is 0 Å². The van der Waals surface area contributed by atoms with Gasteiger partial charge in [0.05, 0.1) is 44.8 Å². The lowest BCUT2D eigenvalue weighted by Gasteiger charge is -2.17. The third kappa shape index (κ3) is 4.17. The van der Waals surface area contributed by atoms with Gasteiger partial charge in [-0.25, -0.2) is 9.97 Å². The molecule has 0 saturated heterocycles. The lowest BCUT2D eigenvalue weighted by molar-refractivity contribution is 1.04. The number of hydrogen-bond donors (Lipinski definition) is 0. The van der Waals surface area contributed by atoms with Gasteiger partial charge < -0.3 is 0 Å². The molecule has 0 saturated carbocycles. The maximum atomic E-state index is 5.33. The molecule has 6 heterocycles. The molecule has 6 aromatic heterocycles. The van der Waals surface area contributed by atoms with Crippen LogP contribution >= 0.6 is 0 Å². The maximum Gasteiger partial charge on any atom is 0.221 e. The standard InChI is InChI=1S/C39H25N7/c1-2-17-35-34(15-1)44-39-45(35)36-18-3-4-19-37(36)46(39)38-20-11-16-33(43-38)29-25-27(31-13-6-9-22-41-31)26(30-12-5-8-21-40-30)24-28(29)32-14-7-10-23-42-32/h1-25H. The Balaban J connectivity index is 1.32. The summed E-state index contributed by atoms with van der Waals surface area (Å²) in [5.74, 6) is 1.59. The molecule has 7 heteroatoms. The van der Waals surface area contributed by atoms with E-state index in [1.807, 2.05) is 97.5 Å². The zero-order valence-electron chi connectivity index (χ0n) is 24.6. The van der Waals surface area contributed by atoms with Crippen molar-refractivity contribution in [2.75, 3.05) is 0 Å². The van der Waals surface area contributed by atoms with Gasteiger partial charge in [-0.15, -0.1) is 0 Å². The molecule has 0 spiro atoms. The Morgan fingerprint density at radius 3 is 1.48 bits per heavy atom. The molecule has 9 aromatic rings. The summed E-state index contributed by atoms with van der Waals surface area (Å²) in [5, 5.41) is 0. The first kappa shape index (κ1) is 26.0. The predicted octanol–water partition coefficient (Wildman–Crippen LogP) is 8.68. The molecule has 0 bridgehead atoms. The molecule has 216 valence electrons. The van der Waals surface area contributed by atoms with E-state index in [1.165, 1.54) is 0 Å². The van der Waals surface area contributed by atoms with Crippen molar-refractivity contribution in [1.82, 2.24) is 33.9 Å². The fourth-order valence-corrected chi connectivity index (χ4v) is 6.29. The molecule has 0 unspecified atom stereocenters. The van der Waals surface area contributed by atoms with Crippen LogP contribution in [0.3, 0.4) is 0 Å². The summed E-state index contributed by atoms with van der Waals surface area (Å²) in [7, 11) is 0. The fraction of sp³-hybridized carbons (Fsp3) is 0. The largest absolute Gasteiger partial charge is 0.276 e. The summed E-state index contributed by atoms with van der Waals surface area (Å²) < 4.78 is 4.35. The number of hydrogen-bond acceptors (Lipinski definition) is 5. The van der Waals surface area contributed by atoms with Gasteiger partial charge in [-0.2, -0.15) is 0 Å². The van der Waals surface area contributed by atoms with Crippen molar-refractivity contribution in [3.63, 3.8) is 0 Å². The van der Waals surface area contributed by atoms with E-state index < -0.39 is 0 Å². The smallest absolute Gasteiger partial charge is 0.221 e. The molecule has 3 aromatic carbocycles. The SMILES string of the molecule is c1ccc(-c2cc(-c3ccccn3)c(-c3cccc(-n4c5ccccc5n5c6ccccc6nc45)n3)cc2-c2ccccn2)nc1. The molecule has 0 amide bonds. The van der Waals surface area contributed by atoms with Gasteiger partial charge in [0, 0.05) is 40.8 Å². The first-order valence-electron chi connectivity index (χ1n) is 15.1. The minimum absolute atomic E-state index is 0.777. The Hall–Kier alpha value is -6.47. The highest BCUT2D eigenvalue weighted by Crippen LogP contribution is 2.40. The molecule has 46 heavy (non-hydrogen) atoms. The van der Waals surface area contributed by atoms with E-state index in [9.17, 15) is 0 Å². The van der Waals surface area contributed by atoms with Gasteiger partial charge in [0.15, 0.2) is 0 Å². The highest BCUT2D eigenvalue weighted by molar-refractivity contribution is 5.94. The van der Waals surface area contributed by atoms with E-state index in [2.05, 4.69) is 63.6 Å². The first-order chi connectivity index (χ1) is 22.8. The normalized spacial score (nSPS) is 11.5. The van der Waals surface area contributed by atoms with E-state index in [0.29, 0.717) is 0 Å². The van der Waals surface area contributed by atoms with E-state index in [-0.39, 0.29) is 0 Å². The predicted molar refractivity (Wildman–Crippen MR) is 182 cm³/mol. The second-order valence-corrected chi connectivity index (χ2v) is 11.0. The number of imidazole rings is 2. The van der Waals surface area contributed by atoms with Crippen LogP contribution in [0.15, 0.2) is 152 Å². The number of aromatic nitrogens is 7. The quantitative estimate of drug-likeness (QED) is 0.200. The van der Waals surface area contributed by atoms with Gasteiger partial charge in [0.25, 0.3) is 0 Å². The first-order valence-corrected chi connectivity index (χ1v) is 15.1. The van der Waals surface area contributed by atoms with E-state index in [0.717, 1.165) is 78.7 Å². The van der Waals surface area contributed by atoms with Crippen LogP contribution in [0.2, 0.25) is 0 Å². The molecule has 0 fully saturated rings. The maximum absolute atomic E-state index is 5.33. The highest BCUT2D eigenvalue weighted by atomic mass is 15.2. The van der Waals surface area contributed by atoms with Gasteiger partial charge in [-0.1, -0.05) is 48.5 Å². The molecule has 0 aliphatic rings. The minimum atomic E-state index is 0.777. The molecular formula is C39H25N7. The second kappa shape index (κ2) is 10.6. The monoisotopic (exact) mass is 591 g/mol. The number of para-hydroxylation sites is 4. The zero-order valence-corrected chi connectivity index (χ0v) is 24.6. The van der Waals surface area contributed by atoms with Crippen LogP contribution in [-0.2, 0) is 0 Å². The van der Waals surface area contributed by atoms with Gasteiger partial charge >= 0.3 is 0 Å². The zero-order chi connectivity index (χ0) is 30.5. The van der Waals surface area contributed by atoms with Crippen LogP contribution in [0.25, 0.3) is 78.7 Å².